The maximum atomic E-state index is 12.3. The molecule has 3 fully saturated rings. The van der Waals surface area contributed by atoms with Crippen LogP contribution in [0.1, 0.15) is 52.9 Å². The fraction of sp³-hybridized carbons (Fsp3) is 0.909. The van der Waals surface area contributed by atoms with E-state index in [4.69, 9.17) is 15.5 Å². The standard InChI is InChI=1S/C22H42N6O2.HI/c1-21(2,3)30-20(29)27-16-14-26(15-17-27)19(23)24-18-22(8-12-25(4)13-9-22)28-10-6-5-7-11-28;/h5-18H2,1-4H3,(H2,23,24);1H. The van der Waals surface area contributed by atoms with Crippen molar-refractivity contribution >= 4 is 36.0 Å². The Labute approximate surface area is 205 Å². The second-order valence-corrected chi connectivity index (χ2v) is 10.2. The Kier molecular flexibility index (Phi) is 9.69. The van der Waals surface area contributed by atoms with Crippen LogP contribution in [0.25, 0.3) is 0 Å². The lowest BCUT2D eigenvalue weighted by molar-refractivity contribution is 0.0179. The Hall–Kier alpha value is -0.810. The van der Waals surface area contributed by atoms with Crippen molar-refractivity contribution in [1.29, 1.82) is 0 Å². The smallest absolute Gasteiger partial charge is 0.410 e. The van der Waals surface area contributed by atoms with E-state index in [9.17, 15) is 4.79 Å². The van der Waals surface area contributed by atoms with Crippen LogP contribution in [0.3, 0.4) is 0 Å². The van der Waals surface area contributed by atoms with Crippen LogP contribution in [0.5, 0.6) is 0 Å². The van der Waals surface area contributed by atoms with E-state index in [1.807, 2.05) is 20.8 Å². The minimum absolute atomic E-state index is 0. The summed E-state index contributed by atoms with van der Waals surface area (Å²) in [5, 5.41) is 0. The number of guanidine groups is 1. The van der Waals surface area contributed by atoms with E-state index in [0.29, 0.717) is 32.1 Å². The van der Waals surface area contributed by atoms with Crippen molar-refractivity contribution < 1.29 is 9.53 Å². The predicted molar refractivity (Wildman–Crippen MR) is 136 cm³/mol. The first-order valence-corrected chi connectivity index (χ1v) is 11.6. The molecule has 0 radical (unpaired) electrons. The Morgan fingerprint density at radius 2 is 1.48 bits per heavy atom. The molecule has 3 rings (SSSR count). The summed E-state index contributed by atoms with van der Waals surface area (Å²) >= 11 is 0. The molecule has 0 bridgehead atoms. The average molecular weight is 551 g/mol. The number of likely N-dealkylation sites (tertiary alicyclic amines) is 2. The highest BCUT2D eigenvalue weighted by molar-refractivity contribution is 14.0. The van der Waals surface area contributed by atoms with Crippen LogP contribution < -0.4 is 5.73 Å². The lowest BCUT2D eigenvalue weighted by Crippen LogP contribution is -2.59. The van der Waals surface area contributed by atoms with Crippen LogP contribution in [0.2, 0.25) is 0 Å². The first kappa shape index (κ1) is 26.4. The van der Waals surface area contributed by atoms with Gasteiger partial charge in [0.1, 0.15) is 5.60 Å². The van der Waals surface area contributed by atoms with Gasteiger partial charge >= 0.3 is 6.09 Å². The van der Waals surface area contributed by atoms with Crippen LogP contribution in [0.15, 0.2) is 4.99 Å². The number of carbonyl (C=O) groups excluding carboxylic acids is 1. The summed E-state index contributed by atoms with van der Waals surface area (Å²) in [5.41, 5.74) is 6.10. The molecule has 3 heterocycles. The summed E-state index contributed by atoms with van der Waals surface area (Å²) in [6.45, 7) is 13.7. The van der Waals surface area contributed by atoms with Gasteiger partial charge in [0.2, 0.25) is 0 Å². The van der Waals surface area contributed by atoms with E-state index >= 15 is 0 Å². The maximum absolute atomic E-state index is 12.3. The largest absolute Gasteiger partial charge is 0.444 e. The number of aliphatic imine (C=N–C) groups is 1. The zero-order valence-electron chi connectivity index (χ0n) is 19.9. The highest BCUT2D eigenvalue weighted by atomic mass is 127. The summed E-state index contributed by atoms with van der Waals surface area (Å²) in [6, 6.07) is 0. The van der Waals surface area contributed by atoms with Crippen molar-refractivity contribution in [2.24, 2.45) is 10.7 Å². The minimum Gasteiger partial charge on any atom is -0.444 e. The third kappa shape index (κ3) is 7.35. The van der Waals surface area contributed by atoms with Crippen LogP contribution in [0, 0.1) is 0 Å². The molecule has 0 atom stereocenters. The van der Waals surface area contributed by atoms with Gasteiger partial charge in [0.05, 0.1) is 6.54 Å². The molecule has 3 aliphatic rings. The lowest BCUT2D eigenvalue weighted by Gasteiger charge is -2.49. The Balaban J connectivity index is 0.00000341. The second-order valence-electron chi connectivity index (χ2n) is 10.2. The number of piperidine rings is 2. The summed E-state index contributed by atoms with van der Waals surface area (Å²) < 4.78 is 5.49. The van der Waals surface area contributed by atoms with E-state index in [1.165, 1.54) is 32.4 Å². The van der Waals surface area contributed by atoms with Crippen molar-refractivity contribution in [2.45, 2.75) is 64.0 Å². The number of ether oxygens (including phenoxy) is 1. The third-order valence-corrected chi connectivity index (χ3v) is 6.74. The molecule has 0 aliphatic carbocycles. The molecule has 0 unspecified atom stereocenters. The second kappa shape index (κ2) is 11.4. The van der Waals surface area contributed by atoms with Gasteiger partial charge in [-0.15, -0.1) is 24.0 Å². The van der Waals surface area contributed by atoms with Crippen molar-refractivity contribution in [3.8, 4) is 0 Å². The van der Waals surface area contributed by atoms with Gasteiger partial charge in [-0.1, -0.05) is 6.42 Å². The highest BCUT2D eigenvalue weighted by Crippen LogP contribution is 2.31. The Morgan fingerprint density at radius 1 is 0.935 bits per heavy atom. The average Bonchev–Trinajstić information content (AvgIpc) is 2.73. The molecule has 0 spiro atoms. The quantitative estimate of drug-likeness (QED) is 0.331. The molecular weight excluding hydrogens is 507 g/mol. The number of hydrogen-bond acceptors (Lipinski definition) is 5. The monoisotopic (exact) mass is 550 g/mol. The molecule has 0 aromatic rings. The molecule has 0 aromatic carbocycles. The zero-order valence-corrected chi connectivity index (χ0v) is 22.3. The Bertz CT molecular complexity index is 602. The first-order chi connectivity index (χ1) is 14.2. The van der Waals surface area contributed by atoms with Gasteiger partial charge in [0.25, 0.3) is 0 Å². The van der Waals surface area contributed by atoms with Crippen LogP contribution in [0.4, 0.5) is 4.79 Å². The number of halogens is 1. The summed E-state index contributed by atoms with van der Waals surface area (Å²) in [4.78, 5) is 26.2. The number of amides is 1. The number of piperazine rings is 1. The summed E-state index contributed by atoms with van der Waals surface area (Å²) in [6.07, 6.45) is 6.01. The number of nitrogens with two attached hydrogens (primary N) is 1. The molecule has 180 valence electrons. The molecule has 0 aromatic heterocycles. The van der Waals surface area contributed by atoms with E-state index in [2.05, 4.69) is 21.7 Å². The zero-order chi connectivity index (χ0) is 21.8. The molecule has 0 saturated carbocycles. The van der Waals surface area contributed by atoms with Gasteiger partial charge in [-0.2, -0.15) is 0 Å². The molecule has 8 nitrogen and oxygen atoms in total. The van der Waals surface area contributed by atoms with Crippen molar-refractivity contribution in [2.75, 3.05) is 66.0 Å². The van der Waals surface area contributed by atoms with Crippen molar-refractivity contribution in [1.82, 2.24) is 19.6 Å². The molecule has 3 aliphatic heterocycles. The molecule has 3 saturated heterocycles. The maximum Gasteiger partial charge on any atom is 0.410 e. The van der Waals surface area contributed by atoms with Crippen LogP contribution in [-0.4, -0.2) is 109 Å². The van der Waals surface area contributed by atoms with E-state index in [1.54, 1.807) is 4.90 Å². The van der Waals surface area contributed by atoms with Gasteiger partial charge in [-0.3, -0.25) is 9.89 Å². The summed E-state index contributed by atoms with van der Waals surface area (Å²) in [5.74, 6) is 0.620. The van der Waals surface area contributed by atoms with Gasteiger partial charge in [-0.05, 0) is 79.7 Å². The number of carbonyl (C=O) groups is 1. The molecule has 2 N–H and O–H groups in total. The fourth-order valence-electron chi connectivity index (χ4n) is 4.75. The van der Waals surface area contributed by atoms with E-state index in [-0.39, 0.29) is 35.6 Å². The normalized spacial score (nSPS) is 23.9. The number of nitrogens with zero attached hydrogens (tertiary/aromatic N) is 5. The van der Waals surface area contributed by atoms with Gasteiger partial charge in [-0.25, -0.2) is 4.79 Å². The highest BCUT2D eigenvalue weighted by Gasteiger charge is 2.39. The first-order valence-electron chi connectivity index (χ1n) is 11.6. The number of hydrogen-bond donors (Lipinski definition) is 1. The lowest BCUT2D eigenvalue weighted by atomic mass is 9.84. The molecule has 31 heavy (non-hydrogen) atoms. The van der Waals surface area contributed by atoms with Gasteiger partial charge in [0.15, 0.2) is 5.96 Å². The van der Waals surface area contributed by atoms with Crippen LogP contribution >= 0.6 is 24.0 Å². The molecule has 1 amide bonds. The van der Waals surface area contributed by atoms with Crippen molar-refractivity contribution in [3.63, 3.8) is 0 Å². The summed E-state index contributed by atoms with van der Waals surface area (Å²) in [7, 11) is 2.21. The van der Waals surface area contributed by atoms with E-state index in [0.717, 1.165) is 32.5 Å². The predicted octanol–water partition coefficient (Wildman–Crippen LogP) is 2.42. The van der Waals surface area contributed by atoms with Gasteiger partial charge < -0.3 is 25.2 Å². The number of rotatable bonds is 3. The molecule has 9 heteroatoms. The SMILES string of the molecule is CN1CCC(CN=C(N)N2CCN(C(=O)OC(C)(C)C)CC2)(N2CCCCC2)CC1.I. The third-order valence-electron chi connectivity index (χ3n) is 6.74. The van der Waals surface area contributed by atoms with E-state index < -0.39 is 5.60 Å². The Morgan fingerprint density at radius 3 is 2.03 bits per heavy atom. The van der Waals surface area contributed by atoms with Crippen molar-refractivity contribution in [3.05, 3.63) is 0 Å². The van der Waals surface area contributed by atoms with Crippen LogP contribution in [-0.2, 0) is 4.74 Å². The topological polar surface area (TPSA) is 77.6 Å². The fourth-order valence-corrected chi connectivity index (χ4v) is 4.75. The minimum atomic E-state index is -0.467. The molecular formula is C22H43IN6O2. The van der Waals surface area contributed by atoms with Gasteiger partial charge in [0, 0.05) is 31.7 Å².